The highest BCUT2D eigenvalue weighted by Gasteiger charge is 2.30. The Morgan fingerprint density at radius 1 is 1.07 bits per heavy atom. The number of anilines is 1. The van der Waals surface area contributed by atoms with Gasteiger partial charge in [-0.2, -0.15) is 13.2 Å². The molecular weight excluding hydrogens is 565 g/mol. The fraction of sp³-hybridized carbons (Fsp3) is 0.407. The number of aromatic nitrogens is 1. The van der Waals surface area contributed by atoms with Crippen molar-refractivity contribution in [1.29, 1.82) is 0 Å². The van der Waals surface area contributed by atoms with Crippen molar-refractivity contribution in [2.24, 2.45) is 0 Å². The predicted molar refractivity (Wildman–Crippen MR) is 147 cm³/mol. The second-order valence-corrected chi connectivity index (χ2v) is 12.8. The van der Waals surface area contributed by atoms with E-state index < -0.39 is 33.5 Å². The van der Waals surface area contributed by atoms with Crippen molar-refractivity contribution >= 4 is 32.2 Å². The average Bonchev–Trinajstić information content (AvgIpc) is 3.32. The predicted octanol–water partition coefficient (Wildman–Crippen LogP) is 4.13. The van der Waals surface area contributed by atoms with Gasteiger partial charge in [0.25, 0.3) is 5.91 Å². The summed E-state index contributed by atoms with van der Waals surface area (Å²) in [6, 6.07) is 10.6. The zero-order valence-electron chi connectivity index (χ0n) is 21.9. The monoisotopic (exact) mass is 596 g/mol. The fourth-order valence-corrected chi connectivity index (χ4v) is 6.19. The molecule has 0 saturated carbocycles. The van der Waals surface area contributed by atoms with Crippen molar-refractivity contribution in [2.75, 3.05) is 43.4 Å². The number of carbonyl (C=O) groups excluding carboxylic acids is 1. The van der Waals surface area contributed by atoms with E-state index in [4.69, 9.17) is 0 Å². The van der Waals surface area contributed by atoms with Crippen LogP contribution in [0.5, 0.6) is 0 Å². The minimum absolute atomic E-state index is 0.0194. The van der Waals surface area contributed by atoms with Crippen molar-refractivity contribution in [2.45, 2.75) is 37.0 Å². The molecule has 0 radical (unpaired) electrons. The number of nitrogens with one attached hydrogen (secondary N) is 1. The van der Waals surface area contributed by atoms with Crippen molar-refractivity contribution in [3.63, 3.8) is 0 Å². The largest absolute Gasteiger partial charge is 0.416 e. The Morgan fingerprint density at radius 3 is 2.40 bits per heavy atom. The molecule has 2 N–H and O–H groups in total. The van der Waals surface area contributed by atoms with Crippen LogP contribution in [0.25, 0.3) is 0 Å². The number of nitrogens with zero attached hydrogens (tertiary/aromatic N) is 3. The van der Waals surface area contributed by atoms with Crippen molar-refractivity contribution in [3.8, 4) is 0 Å². The first-order valence-corrected chi connectivity index (χ1v) is 15.3. The van der Waals surface area contributed by atoms with Crippen LogP contribution in [-0.4, -0.2) is 67.9 Å². The van der Waals surface area contributed by atoms with Gasteiger partial charge in [0.15, 0.2) is 15.0 Å². The first-order valence-electron chi connectivity index (χ1n) is 12.8. The first-order chi connectivity index (χ1) is 19.0. The van der Waals surface area contributed by atoms with E-state index in [9.17, 15) is 31.5 Å². The fourth-order valence-electron chi connectivity index (χ4n) is 4.43. The Hall–Kier alpha value is -3.00. The topological polar surface area (TPSA) is 103 Å². The van der Waals surface area contributed by atoms with Crippen LogP contribution in [0.4, 0.5) is 18.3 Å². The first kappa shape index (κ1) is 30.0. The zero-order valence-corrected chi connectivity index (χ0v) is 23.5. The lowest BCUT2D eigenvalue weighted by Gasteiger charge is -2.21. The number of amides is 1. The molecule has 4 rings (SSSR count). The Balaban J connectivity index is 1.34. The van der Waals surface area contributed by atoms with E-state index in [2.05, 4.69) is 20.1 Å². The summed E-state index contributed by atoms with van der Waals surface area (Å²) in [5, 5.41) is 13.3. The molecule has 0 bridgehead atoms. The molecule has 0 aliphatic carbocycles. The van der Waals surface area contributed by atoms with Gasteiger partial charge >= 0.3 is 6.18 Å². The summed E-state index contributed by atoms with van der Waals surface area (Å²) in [6.07, 6.45) is -2.03. The summed E-state index contributed by atoms with van der Waals surface area (Å²) in [5.74, 6) is -0.416. The van der Waals surface area contributed by atoms with E-state index in [0.717, 1.165) is 37.2 Å². The molecule has 1 aliphatic heterocycles. The molecule has 8 nitrogen and oxygen atoms in total. The maximum Gasteiger partial charge on any atom is 0.416 e. The summed E-state index contributed by atoms with van der Waals surface area (Å²) in [5.41, 5.74) is 0.735. The summed E-state index contributed by atoms with van der Waals surface area (Å²) >= 11 is 1.24. The van der Waals surface area contributed by atoms with Gasteiger partial charge in [-0.05, 0) is 41.8 Å². The lowest BCUT2D eigenvalue weighted by molar-refractivity contribution is -0.137. The van der Waals surface area contributed by atoms with Crippen LogP contribution in [0.15, 0.2) is 59.6 Å². The maximum absolute atomic E-state index is 12.9. The summed E-state index contributed by atoms with van der Waals surface area (Å²) in [4.78, 5) is 22.2. The Kier molecular flexibility index (Phi) is 9.49. The Bertz CT molecular complexity index is 1390. The molecule has 0 unspecified atom stereocenters. The Labute approximate surface area is 235 Å². The van der Waals surface area contributed by atoms with E-state index in [1.807, 2.05) is 0 Å². The van der Waals surface area contributed by atoms with Crippen molar-refractivity contribution in [1.82, 2.24) is 15.2 Å². The van der Waals surface area contributed by atoms with Crippen LogP contribution in [0.2, 0.25) is 0 Å². The second kappa shape index (κ2) is 12.7. The maximum atomic E-state index is 12.9. The van der Waals surface area contributed by atoms with Crippen LogP contribution in [0.1, 0.15) is 45.7 Å². The third kappa shape index (κ3) is 7.39. The van der Waals surface area contributed by atoms with Gasteiger partial charge in [0.2, 0.25) is 0 Å². The molecule has 2 heterocycles. The molecule has 0 spiro atoms. The lowest BCUT2D eigenvalue weighted by Crippen LogP contribution is -2.30. The number of alkyl halides is 3. The number of thiazole rings is 1. The van der Waals surface area contributed by atoms with Gasteiger partial charge in [0, 0.05) is 32.7 Å². The second-order valence-electron chi connectivity index (χ2n) is 9.50. The molecule has 1 saturated heterocycles. The number of carbonyl (C=O) groups is 1. The normalized spacial score (nSPS) is 16.0. The van der Waals surface area contributed by atoms with E-state index in [0.29, 0.717) is 35.2 Å². The molecule has 1 amide bonds. The summed E-state index contributed by atoms with van der Waals surface area (Å²) in [6.45, 7) is 4.61. The third-order valence-electron chi connectivity index (χ3n) is 6.77. The van der Waals surface area contributed by atoms with E-state index in [1.54, 1.807) is 19.1 Å². The molecule has 2 aromatic carbocycles. The number of aliphatic hydroxyl groups is 1. The number of sulfone groups is 1. The SMILES string of the molecule is CCS(=O)(=O)c1ccc([C@H](CO)NC(=O)c2cnc(N3CCCN(Cc4ccc(C(F)(F)F)cc4)CC3)s2)cc1. The molecule has 3 aromatic rings. The van der Waals surface area contributed by atoms with Crippen LogP contribution >= 0.6 is 11.3 Å². The smallest absolute Gasteiger partial charge is 0.394 e. The lowest BCUT2D eigenvalue weighted by atomic mass is 10.1. The van der Waals surface area contributed by atoms with Gasteiger partial charge in [-0.15, -0.1) is 0 Å². The number of rotatable bonds is 9. The van der Waals surface area contributed by atoms with Crippen LogP contribution in [0.3, 0.4) is 0 Å². The van der Waals surface area contributed by atoms with Crippen molar-refractivity contribution < 1.29 is 31.5 Å². The van der Waals surface area contributed by atoms with Gasteiger partial charge < -0.3 is 15.3 Å². The molecule has 1 aliphatic rings. The van der Waals surface area contributed by atoms with Gasteiger partial charge in [-0.1, -0.05) is 42.5 Å². The Morgan fingerprint density at radius 2 is 1.77 bits per heavy atom. The van der Waals surface area contributed by atoms with Gasteiger partial charge in [-0.3, -0.25) is 9.69 Å². The van der Waals surface area contributed by atoms with E-state index >= 15 is 0 Å². The van der Waals surface area contributed by atoms with Crippen LogP contribution < -0.4 is 10.2 Å². The minimum atomic E-state index is -4.35. The summed E-state index contributed by atoms with van der Waals surface area (Å²) < 4.78 is 62.6. The highest BCUT2D eigenvalue weighted by atomic mass is 32.2. The highest BCUT2D eigenvalue weighted by Crippen LogP contribution is 2.29. The molecule has 1 atom stereocenters. The van der Waals surface area contributed by atoms with Crippen LogP contribution in [0, 0.1) is 0 Å². The summed E-state index contributed by atoms with van der Waals surface area (Å²) in [7, 11) is -3.35. The van der Waals surface area contributed by atoms with Gasteiger partial charge in [0.1, 0.15) is 4.88 Å². The third-order valence-corrected chi connectivity index (χ3v) is 9.58. The highest BCUT2D eigenvalue weighted by molar-refractivity contribution is 7.91. The van der Waals surface area contributed by atoms with E-state index in [1.165, 1.54) is 41.8 Å². The number of halogens is 3. The standard InChI is InChI=1S/C27H31F3N4O4S2/c1-2-40(37,38)22-10-6-20(7-11-22)23(18-35)32-25(36)24-16-31-26(39-24)34-13-3-12-33(14-15-34)17-19-4-8-21(9-5-19)27(28,29)30/h4-11,16,23,35H,2-3,12-15,17-18H2,1H3,(H,32,36)/t23-/m0/s1. The molecule has 216 valence electrons. The van der Waals surface area contributed by atoms with Crippen molar-refractivity contribution in [3.05, 3.63) is 76.3 Å². The molecule has 1 aromatic heterocycles. The average molecular weight is 597 g/mol. The van der Waals surface area contributed by atoms with E-state index in [-0.39, 0.29) is 17.3 Å². The quantitative estimate of drug-likeness (QED) is 0.383. The molecule has 1 fully saturated rings. The molecule has 13 heteroatoms. The number of benzene rings is 2. The van der Waals surface area contributed by atoms with Gasteiger partial charge in [-0.25, -0.2) is 13.4 Å². The number of hydrogen-bond acceptors (Lipinski definition) is 8. The zero-order chi connectivity index (χ0) is 28.9. The molecular formula is C27H31F3N4O4S2. The van der Waals surface area contributed by atoms with Crippen LogP contribution in [-0.2, 0) is 22.6 Å². The van der Waals surface area contributed by atoms with Gasteiger partial charge in [0.05, 0.1) is 35.1 Å². The minimum Gasteiger partial charge on any atom is -0.394 e. The number of aliphatic hydroxyl groups excluding tert-OH is 1. The number of hydrogen-bond donors (Lipinski definition) is 2. The molecule has 40 heavy (non-hydrogen) atoms.